The number of rotatable bonds is 6. The highest BCUT2D eigenvalue weighted by atomic mass is 16.5. The topological polar surface area (TPSA) is 21.3 Å². The molecule has 2 atom stereocenters. The van der Waals surface area contributed by atoms with Crippen LogP contribution in [0.3, 0.4) is 0 Å². The van der Waals surface area contributed by atoms with Crippen molar-refractivity contribution in [1.82, 2.24) is 5.32 Å². The summed E-state index contributed by atoms with van der Waals surface area (Å²) in [6.07, 6.45) is 7.13. The second-order valence-corrected chi connectivity index (χ2v) is 7.73. The van der Waals surface area contributed by atoms with E-state index in [9.17, 15) is 0 Å². The van der Waals surface area contributed by atoms with Crippen molar-refractivity contribution in [1.29, 1.82) is 0 Å². The zero-order chi connectivity index (χ0) is 14.1. The normalized spacial score (nSPS) is 32.2. The minimum atomic E-state index is 0.204. The van der Waals surface area contributed by atoms with Gasteiger partial charge in [0.1, 0.15) is 0 Å². The van der Waals surface area contributed by atoms with E-state index in [0.29, 0.717) is 11.5 Å². The third-order valence-corrected chi connectivity index (χ3v) is 5.23. The first-order valence-electron chi connectivity index (χ1n) is 8.29. The lowest BCUT2D eigenvalue weighted by molar-refractivity contribution is -0.00635. The Bertz CT molecular complexity index is 288. The van der Waals surface area contributed by atoms with Crippen LogP contribution in [-0.2, 0) is 4.74 Å². The molecule has 2 heteroatoms. The van der Waals surface area contributed by atoms with Gasteiger partial charge in [-0.25, -0.2) is 0 Å². The Balaban J connectivity index is 2.16. The van der Waals surface area contributed by atoms with Gasteiger partial charge in [-0.15, -0.1) is 0 Å². The van der Waals surface area contributed by atoms with Crippen LogP contribution in [0.25, 0.3) is 0 Å². The first-order chi connectivity index (χ1) is 8.93. The second-order valence-electron chi connectivity index (χ2n) is 7.73. The molecule has 0 amide bonds. The van der Waals surface area contributed by atoms with Gasteiger partial charge in [0.15, 0.2) is 0 Å². The van der Waals surface area contributed by atoms with Gasteiger partial charge >= 0.3 is 0 Å². The van der Waals surface area contributed by atoms with Gasteiger partial charge in [-0.1, -0.05) is 26.7 Å². The molecule has 0 aromatic heterocycles. The van der Waals surface area contributed by atoms with Crippen LogP contribution in [0.15, 0.2) is 0 Å². The summed E-state index contributed by atoms with van der Waals surface area (Å²) in [5, 5.41) is 3.79. The van der Waals surface area contributed by atoms with Crippen molar-refractivity contribution in [3.63, 3.8) is 0 Å². The summed E-state index contributed by atoms with van der Waals surface area (Å²) in [4.78, 5) is 0. The molecule has 0 aromatic carbocycles. The smallest absolute Gasteiger partial charge is 0.0675 e. The monoisotopic (exact) mass is 267 g/mol. The van der Waals surface area contributed by atoms with Crippen molar-refractivity contribution in [2.75, 3.05) is 13.2 Å². The van der Waals surface area contributed by atoms with E-state index in [4.69, 9.17) is 4.74 Å². The van der Waals surface area contributed by atoms with Crippen molar-refractivity contribution in [3.05, 3.63) is 0 Å². The summed E-state index contributed by atoms with van der Waals surface area (Å²) in [6, 6.07) is 0. The third kappa shape index (κ3) is 3.33. The predicted molar refractivity (Wildman–Crippen MR) is 81.3 cm³/mol. The van der Waals surface area contributed by atoms with Gasteiger partial charge in [-0.3, -0.25) is 0 Å². The molecule has 1 aliphatic carbocycles. The molecule has 1 aliphatic heterocycles. The highest BCUT2D eigenvalue weighted by Gasteiger charge is 2.53. The van der Waals surface area contributed by atoms with Gasteiger partial charge in [-0.05, 0) is 51.9 Å². The predicted octanol–water partition coefficient (Wildman–Crippen LogP) is 4.00. The van der Waals surface area contributed by atoms with E-state index < -0.39 is 0 Å². The highest BCUT2D eigenvalue weighted by molar-refractivity contribution is 5.04. The first-order valence-corrected chi connectivity index (χ1v) is 8.29. The van der Waals surface area contributed by atoms with Crippen molar-refractivity contribution in [2.24, 2.45) is 17.3 Å². The van der Waals surface area contributed by atoms with Crippen molar-refractivity contribution < 1.29 is 4.74 Å². The Morgan fingerprint density at radius 1 is 1.21 bits per heavy atom. The minimum absolute atomic E-state index is 0.204. The van der Waals surface area contributed by atoms with Crippen LogP contribution in [0, 0.1) is 17.3 Å². The highest BCUT2D eigenvalue weighted by Crippen LogP contribution is 2.53. The van der Waals surface area contributed by atoms with Gasteiger partial charge in [-0.2, -0.15) is 0 Å². The van der Waals surface area contributed by atoms with Crippen molar-refractivity contribution in [3.8, 4) is 0 Å². The molecule has 0 aromatic rings. The molecule has 1 saturated carbocycles. The quantitative estimate of drug-likeness (QED) is 0.785. The summed E-state index contributed by atoms with van der Waals surface area (Å²) in [5.41, 5.74) is 0.591. The molecular formula is C17H33NO. The Hall–Kier alpha value is -0.0800. The molecular weight excluding hydrogens is 234 g/mol. The molecule has 2 unspecified atom stereocenters. The van der Waals surface area contributed by atoms with E-state index in [1.54, 1.807) is 0 Å². The molecule has 2 fully saturated rings. The maximum atomic E-state index is 6.20. The van der Waals surface area contributed by atoms with Crippen LogP contribution in [0.4, 0.5) is 0 Å². The molecule has 19 heavy (non-hydrogen) atoms. The fraction of sp³-hybridized carbons (Fsp3) is 1.00. The lowest BCUT2D eigenvalue weighted by Crippen LogP contribution is -2.51. The molecule has 2 aliphatic rings. The average Bonchev–Trinajstić information content (AvgIpc) is 3.09. The van der Waals surface area contributed by atoms with Crippen molar-refractivity contribution >= 4 is 0 Å². The Kier molecular flexibility index (Phi) is 4.62. The average molecular weight is 267 g/mol. The Labute approximate surface area is 119 Å². The van der Waals surface area contributed by atoms with E-state index in [1.165, 1.54) is 32.1 Å². The summed E-state index contributed by atoms with van der Waals surface area (Å²) in [6.45, 7) is 13.6. The number of hydrogen-bond acceptors (Lipinski definition) is 2. The molecule has 112 valence electrons. The SMILES string of the molecule is CCC(CC)C1(CNC(C)(C)C)CCOC1C1CC1. The van der Waals surface area contributed by atoms with Crippen LogP contribution in [-0.4, -0.2) is 24.8 Å². The van der Waals surface area contributed by atoms with E-state index in [-0.39, 0.29) is 5.54 Å². The summed E-state index contributed by atoms with van der Waals surface area (Å²) in [5.74, 6) is 1.65. The third-order valence-electron chi connectivity index (χ3n) is 5.23. The zero-order valence-corrected chi connectivity index (χ0v) is 13.6. The largest absolute Gasteiger partial charge is 0.377 e. The van der Waals surface area contributed by atoms with Gasteiger partial charge in [0, 0.05) is 24.1 Å². The summed E-state index contributed by atoms with van der Waals surface area (Å²) in [7, 11) is 0. The molecule has 2 nitrogen and oxygen atoms in total. The second kappa shape index (κ2) is 5.73. The molecule has 0 bridgehead atoms. The van der Waals surface area contributed by atoms with E-state index in [2.05, 4.69) is 39.9 Å². The van der Waals surface area contributed by atoms with Crippen LogP contribution >= 0.6 is 0 Å². The van der Waals surface area contributed by atoms with Crippen LogP contribution in [0.2, 0.25) is 0 Å². The lowest BCUT2D eigenvalue weighted by atomic mass is 9.66. The number of hydrogen-bond donors (Lipinski definition) is 1. The van der Waals surface area contributed by atoms with E-state index in [0.717, 1.165) is 25.0 Å². The van der Waals surface area contributed by atoms with Gasteiger partial charge in [0.2, 0.25) is 0 Å². The molecule has 1 N–H and O–H groups in total. The Morgan fingerprint density at radius 2 is 1.84 bits per heavy atom. The molecule has 0 spiro atoms. The fourth-order valence-electron chi connectivity index (χ4n) is 3.99. The lowest BCUT2D eigenvalue weighted by Gasteiger charge is -2.43. The summed E-state index contributed by atoms with van der Waals surface area (Å²) < 4.78 is 6.20. The molecule has 0 radical (unpaired) electrons. The first kappa shape index (κ1) is 15.3. The van der Waals surface area contributed by atoms with Crippen molar-refractivity contribution in [2.45, 2.75) is 78.4 Å². The van der Waals surface area contributed by atoms with Gasteiger partial charge in [0.25, 0.3) is 0 Å². The maximum Gasteiger partial charge on any atom is 0.0675 e. The minimum Gasteiger partial charge on any atom is -0.377 e. The standard InChI is InChI=1S/C17H33NO/c1-6-14(7-2)17(12-18-16(3,4)5)10-11-19-15(17)13-8-9-13/h13-15,18H,6-12H2,1-5H3. The van der Waals surface area contributed by atoms with E-state index in [1.807, 2.05) is 0 Å². The molecule has 1 saturated heterocycles. The number of ether oxygens (including phenoxy) is 1. The number of nitrogens with one attached hydrogen (secondary N) is 1. The fourth-order valence-corrected chi connectivity index (χ4v) is 3.99. The van der Waals surface area contributed by atoms with Crippen LogP contribution in [0.5, 0.6) is 0 Å². The van der Waals surface area contributed by atoms with Crippen LogP contribution in [0.1, 0.15) is 66.7 Å². The van der Waals surface area contributed by atoms with Gasteiger partial charge < -0.3 is 10.1 Å². The zero-order valence-electron chi connectivity index (χ0n) is 13.6. The maximum absolute atomic E-state index is 6.20. The van der Waals surface area contributed by atoms with Gasteiger partial charge in [0.05, 0.1) is 6.10 Å². The summed E-state index contributed by atoms with van der Waals surface area (Å²) >= 11 is 0. The molecule has 1 heterocycles. The van der Waals surface area contributed by atoms with E-state index >= 15 is 0 Å². The Morgan fingerprint density at radius 3 is 2.32 bits per heavy atom. The van der Waals surface area contributed by atoms with Crippen LogP contribution < -0.4 is 5.32 Å². The molecule has 2 rings (SSSR count).